The van der Waals surface area contributed by atoms with Crippen molar-refractivity contribution in [2.75, 3.05) is 11.4 Å². The van der Waals surface area contributed by atoms with E-state index in [1.54, 1.807) is 12.1 Å². The van der Waals surface area contributed by atoms with E-state index < -0.39 is 5.82 Å². The molecule has 0 radical (unpaired) electrons. The number of aryl methyl sites for hydroxylation is 3. The van der Waals surface area contributed by atoms with E-state index in [4.69, 9.17) is 11.6 Å². The molecule has 1 aliphatic heterocycles. The second kappa shape index (κ2) is 5.73. The molecule has 0 saturated carbocycles. The molecule has 4 heteroatoms. The lowest BCUT2D eigenvalue weighted by Gasteiger charge is -2.30. The van der Waals surface area contributed by atoms with Crippen LogP contribution in [0.15, 0.2) is 30.3 Å². The molecule has 22 heavy (non-hydrogen) atoms. The van der Waals surface area contributed by atoms with Gasteiger partial charge in [-0.3, -0.25) is 4.79 Å². The molecule has 0 saturated heterocycles. The third-order valence-electron chi connectivity index (χ3n) is 4.20. The summed E-state index contributed by atoms with van der Waals surface area (Å²) in [5, 5.41) is 0.372. The number of hydrogen-bond acceptors (Lipinski definition) is 1. The highest BCUT2D eigenvalue weighted by Crippen LogP contribution is 2.33. The average molecular weight is 318 g/mol. The van der Waals surface area contributed by atoms with E-state index in [0.717, 1.165) is 29.5 Å². The smallest absolute Gasteiger partial charge is 0.258 e. The first-order chi connectivity index (χ1) is 10.5. The Morgan fingerprint density at radius 3 is 2.68 bits per heavy atom. The minimum Gasteiger partial charge on any atom is -0.305 e. The summed E-state index contributed by atoms with van der Waals surface area (Å²) in [5.41, 5.74) is 3.95. The number of anilines is 1. The van der Waals surface area contributed by atoms with Gasteiger partial charge in [0.2, 0.25) is 0 Å². The molecule has 0 bridgehead atoms. The lowest BCUT2D eigenvalue weighted by Crippen LogP contribution is -2.36. The molecule has 0 atom stereocenters. The molecule has 0 fully saturated rings. The highest BCUT2D eigenvalue weighted by atomic mass is 35.5. The topological polar surface area (TPSA) is 20.3 Å². The lowest BCUT2D eigenvalue weighted by atomic mass is 9.99. The first-order valence-electron chi connectivity index (χ1n) is 7.34. The summed E-state index contributed by atoms with van der Waals surface area (Å²) in [6, 6.07) is 8.60. The first kappa shape index (κ1) is 15.0. The van der Waals surface area contributed by atoms with Crippen LogP contribution >= 0.6 is 11.6 Å². The predicted octanol–water partition coefficient (Wildman–Crippen LogP) is 4.69. The van der Waals surface area contributed by atoms with E-state index >= 15 is 0 Å². The summed E-state index contributed by atoms with van der Waals surface area (Å²) in [7, 11) is 0. The van der Waals surface area contributed by atoms with Crippen molar-refractivity contribution in [1.29, 1.82) is 0 Å². The van der Waals surface area contributed by atoms with Crippen LogP contribution in [0, 0.1) is 19.7 Å². The zero-order chi connectivity index (χ0) is 15.9. The SMILES string of the molecule is Cc1ccc(C(=O)N2CCCc3cc(Cl)cc(F)c32)cc1C. The Kier molecular flexibility index (Phi) is 3.92. The first-order valence-corrected chi connectivity index (χ1v) is 7.72. The zero-order valence-electron chi connectivity index (χ0n) is 12.6. The third-order valence-corrected chi connectivity index (χ3v) is 4.42. The van der Waals surface area contributed by atoms with Crippen molar-refractivity contribution in [2.45, 2.75) is 26.7 Å². The quantitative estimate of drug-likeness (QED) is 0.747. The molecule has 1 aliphatic rings. The Hall–Kier alpha value is -1.87. The zero-order valence-corrected chi connectivity index (χ0v) is 13.4. The average Bonchev–Trinajstić information content (AvgIpc) is 2.48. The van der Waals surface area contributed by atoms with Crippen LogP contribution in [0.4, 0.5) is 10.1 Å². The normalized spacial score (nSPS) is 13.9. The van der Waals surface area contributed by atoms with Crippen LogP contribution in [0.25, 0.3) is 0 Å². The molecular formula is C18H17ClFNO. The van der Waals surface area contributed by atoms with Crippen LogP contribution in [0.2, 0.25) is 5.02 Å². The second-order valence-corrected chi connectivity index (χ2v) is 6.19. The van der Waals surface area contributed by atoms with Gasteiger partial charge in [-0.15, -0.1) is 0 Å². The van der Waals surface area contributed by atoms with Gasteiger partial charge in [0.1, 0.15) is 5.82 Å². The largest absolute Gasteiger partial charge is 0.305 e. The second-order valence-electron chi connectivity index (χ2n) is 5.75. The van der Waals surface area contributed by atoms with Gasteiger partial charge in [-0.25, -0.2) is 4.39 Å². The number of rotatable bonds is 1. The van der Waals surface area contributed by atoms with Gasteiger partial charge in [0, 0.05) is 17.1 Å². The number of carbonyl (C=O) groups is 1. The van der Waals surface area contributed by atoms with Gasteiger partial charge in [-0.1, -0.05) is 17.7 Å². The standard InChI is InChI=1S/C18H17ClFNO/c1-11-5-6-14(8-12(11)2)18(22)21-7-3-4-13-9-15(19)10-16(20)17(13)21/h5-6,8-10H,3-4,7H2,1-2H3. The van der Waals surface area contributed by atoms with Gasteiger partial charge in [0.15, 0.2) is 0 Å². The Labute approximate surface area is 134 Å². The molecule has 0 spiro atoms. The van der Waals surface area contributed by atoms with E-state index in [1.165, 1.54) is 11.0 Å². The van der Waals surface area contributed by atoms with Crippen LogP contribution in [-0.2, 0) is 6.42 Å². The van der Waals surface area contributed by atoms with E-state index in [-0.39, 0.29) is 5.91 Å². The molecular weight excluding hydrogens is 301 g/mol. The van der Waals surface area contributed by atoms with Crippen molar-refractivity contribution in [3.8, 4) is 0 Å². The summed E-state index contributed by atoms with van der Waals surface area (Å²) in [6.45, 7) is 4.50. The number of halogens is 2. The number of benzene rings is 2. The molecule has 0 unspecified atom stereocenters. The minimum atomic E-state index is -0.431. The summed E-state index contributed by atoms with van der Waals surface area (Å²) < 4.78 is 14.3. The van der Waals surface area contributed by atoms with Gasteiger partial charge in [0.25, 0.3) is 5.91 Å². The van der Waals surface area contributed by atoms with Crippen LogP contribution in [0.5, 0.6) is 0 Å². The Bertz CT molecular complexity index is 757. The number of nitrogens with zero attached hydrogens (tertiary/aromatic N) is 1. The van der Waals surface area contributed by atoms with Crippen molar-refractivity contribution in [3.63, 3.8) is 0 Å². The molecule has 3 rings (SSSR count). The number of hydrogen-bond donors (Lipinski definition) is 0. The van der Waals surface area contributed by atoms with Crippen molar-refractivity contribution < 1.29 is 9.18 Å². The lowest BCUT2D eigenvalue weighted by molar-refractivity contribution is 0.0984. The van der Waals surface area contributed by atoms with Crippen molar-refractivity contribution in [3.05, 3.63) is 63.4 Å². The Balaban J connectivity index is 2.03. The van der Waals surface area contributed by atoms with Gasteiger partial charge in [0.05, 0.1) is 5.69 Å². The van der Waals surface area contributed by atoms with Crippen LogP contribution in [0.3, 0.4) is 0 Å². The third kappa shape index (κ3) is 2.61. The summed E-state index contributed by atoms with van der Waals surface area (Å²) in [4.78, 5) is 14.3. The van der Waals surface area contributed by atoms with E-state index in [2.05, 4.69) is 0 Å². The molecule has 0 aromatic heterocycles. The van der Waals surface area contributed by atoms with Gasteiger partial charge >= 0.3 is 0 Å². The molecule has 1 heterocycles. The molecule has 114 valence electrons. The molecule has 0 aliphatic carbocycles. The number of fused-ring (bicyclic) bond motifs is 1. The van der Waals surface area contributed by atoms with Crippen molar-refractivity contribution in [1.82, 2.24) is 0 Å². The van der Waals surface area contributed by atoms with Gasteiger partial charge in [-0.05, 0) is 67.6 Å². The number of amides is 1. The molecule has 2 nitrogen and oxygen atoms in total. The molecule has 2 aromatic rings. The number of carbonyl (C=O) groups excluding carboxylic acids is 1. The Morgan fingerprint density at radius 1 is 1.18 bits per heavy atom. The predicted molar refractivity (Wildman–Crippen MR) is 87.3 cm³/mol. The monoisotopic (exact) mass is 317 g/mol. The molecule has 0 N–H and O–H groups in total. The van der Waals surface area contributed by atoms with E-state index in [9.17, 15) is 9.18 Å². The fourth-order valence-electron chi connectivity index (χ4n) is 2.88. The maximum absolute atomic E-state index is 14.3. The van der Waals surface area contributed by atoms with Crippen LogP contribution in [0.1, 0.15) is 33.5 Å². The van der Waals surface area contributed by atoms with E-state index in [0.29, 0.717) is 22.8 Å². The van der Waals surface area contributed by atoms with Gasteiger partial charge in [-0.2, -0.15) is 0 Å². The van der Waals surface area contributed by atoms with E-state index in [1.807, 2.05) is 26.0 Å². The van der Waals surface area contributed by atoms with Crippen molar-refractivity contribution >= 4 is 23.2 Å². The fraction of sp³-hybridized carbons (Fsp3) is 0.278. The summed E-state index contributed by atoms with van der Waals surface area (Å²) in [6.07, 6.45) is 1.55. The fourth-order valence-corrected chi connectivity index (χ4v) is 3.11. The van der Waals surface area contributed by atoms with Crippen LogP contribution < -0.4 is 4.90 Å². The highest BCUT2D eigenvalue weighted by Gasteiger charge is 2.27. The minimum absolute atomic E-state index is 0.162. The molecule has 1 amide bonds. The summed E-state index contributed by atoms with van der Waals surface area (Å²) >= 11 is 5.92. The molecule has 2 aromatic carbocycles. The van der Waals surface area contributed by atoms with Crippen LogP contribution in [-0.4, -0.2) is 12.5 Å². The Morgan fingerprint density at radius 2 is 1.95 bits per heavy atom. The van der Waals surface area contributed by atoms with Crippen molar-refractivity contribution in [2.24, 2.45) is 0 Å². The maximum Gasteiger partial charge on any atom is 0.258 e. The maximum atomic E-state index is 14.3. The summed E-state index contributed by atoms with van der Waals surface area (Å²) in [5.74, 6) is -0.593. The highest BCUT2D eigenvalue weighted by molar-refractivity contribution is 6.30. The van der Waals surface area contributed by atoms with Gasteiger partial charge < -0.3 is 4.90 Å².